The Hall–Kier alpha value is -1.16. The van der Waals surface area contributed by atoms with Crippen LogP contribution in [-0.4, -0.2) is 29.7 Å². The average molecular weight is 249 g/mol. The number of benzene rings is 1. The standard InChI is InChI=1S/C13H19N3S/c1-9(2)16-12(8-15-13(16)14)10-4-6-11(17-3)7-5-10/h4-7,9,12H,8H2,1-3H3,(H2,14,15). The van der Waals surface area contributed by atoms with Gasteiger partial charge in [0.2, 0.25) is 0 Å². The quantitative estimate of drug-likeness (QED) is 0.837. The Balaban J connectivity index is 2.22. The fourth-order valence-corrected chi connectivity index (χ4v) is 2.63. The number of hydrogen-bond acceptors (Lipinski definition) is 4. The zero-order chi connectivity index (χ0) is 12.4. The fourth-order valence-electron chi connectivity index (χ4n) is 2.23. The van der Waals surface area contributed by atoms with Gasteiger partial charge in [0.15, 0.2) is 5.96 Å². The normalized spacial score (nSPS) is 19.9. The number of nitrogens with zero attached hydrogens (tertiary/aromatic N) is 2. The third kappa shape index (κ3) is 2.41. The molecular weight excluding hydrogens is 230 g/mol. The second kappa shape index (κ2) is 5.00. The third-order valence-electron chi connectivity index (χ3n) is 3.08. The molecule has 0 saturated carbocycles. The molecule has 1 aliphatic rings. The van der Waals surface area contributed by atoms with Crippen LogP contribution in [0.5, 0.6) is 0 Å². The molecule has 0 radical (unpaired) electrons. The maximum Gasteiger partial charge on any atom is 0.192 e. The molecular formula is C13H19N3S. The van der Waals surface area contributed by atoms with Gasteiger partial charge in [0.25, 0.3) is 0 Å². The Morgan fingerprint density at radius 3 is 2.53 bits per heavy atom. The van der Waals surface area contributed by atoms with Gasteiger partial charge in [0.05, 0.1) is 12.6 Å². The van der Waals surface area contributed by atoms with Crippen molar-refractivity contribution >= 4 is 17.7 Å². The number of nitrogens with two attached hydrogens (primary N) is 1. The Bertz CT molecular complexity index is 411. The van der Waals surface area contributed by atoms with Crippen molar-refractivity contribution in [1.29, 1.82) is 0 Å². The van der Waals surface area contributed by atoms with Crippen LogP contribution in [0, 0.1) is 0 Å². The van der Waals surface area contributed by atoms with Gasteiger partial charge in [-0.2, -0.15) is 0 Å². The fraction of sp³-hybridized carbons (Fsp3) is 0.462. The topological polar surface area (TPSA) is 41.6 Å². The van der Waals surface area contributed by atoms with Crippen molar-refractivity contribution in [3.8, 4) is 0 Å². The van der Waals surface area contributed by atoms with E-state index in [0.29, 0.717) is 18.0 Å². The Labute approximate surface area is 107 Å². The van der Waals surface area contributed by atoms with E-state index in [0.717, 1.165) is 6.54 Å². The smallest absolute Gasteiger partial charge is 0.192 e. The summed E-state index contributed by atoms with van der Waals surface area (Å²) in [6, 6.07) is 9.36. The molecule has 0 fully saturated rings. The highest BCUT2D eigenvalue weighted by molar-refractivity contribution is 7.98. The van der Waals surface area contributed by atoms with Crippen LogP contribution in [0.25, 0.3) is 0 Å². The van der Waals surface area contributed by atoms with Crippen LogP contribution in [0.3, 0.4) is 0 Å². The van der Waals surface area contributed by atoms with Crippen LogP contribution in [0.4, 0.5) is 0 Å². The first-order valence-corrected chi connectivity index (χ1v) is 7.08. The molecule has 0 aliphatic carbocycles. The van der Waals surface area contributed by atoms with Crippen molar-refractivity contribution in [3.05, 3.63) is 29.8 Å². The average Bonchev–Trinajstić information content (AvgIpc) is 2.71. The van der Waals surface area contributed by atoms with Crippen LogP contribution in [0.15, 0.2) is 34.2 Å². The predicted molar refractivity (Wildman–Crippen MR) is 74.4 cm³/mol. The van der Waals surface area contributed by atoms with Crippen LogP contribution in [0.2, 0.25) is 0 Å². The van der Waals surface area contributed by atoms with Crippen LogP contribution >= 0.6 is 11.8 Å². The second-order valence-electron chi connectivity index (χ2n) is 4.49. The van der Waals surface area contributed by atoms with Crippen LogP contribution in [-0.2, 0) is 0 Å². The van der Waals surface area contributed by atoms with Crippen molar-refractivity contribution < 1.29 is 0 Å². The first-order valence-electron chi connectivity index (χ1n) is 5.85. The van der Waals surface area contributed by atoms with Crippen LogP contribution in [0.1, 0.15) is 25.5 Å². The molecule has 0 spiro atoms. The minimum atomic E-state index is 0.297. The molecule has 0 amide bonds. The molecule has 3 nitrogen and oxygen atoms in total. The van der Waals surface area contributed by atoms with Crippen LogP contribution < -0.4 is 5.73 Å². The van der Waals surface area contributed by atoms with Crippen molar-refractivity contribution in [3.63, 3.8) is 0 Å². The number of rotatable bonds is 3. The molecule has 92 valence electrons. The Morgan fingerprint density at radius 2 is 2.00 bits per heavy atom. The van der Waals surface area contributed by atoms with Gasteiger partial charge in [-0.05, 0) is 37.8 Å². The van der Waals surface area contributed by atoms with Gasteiger partial charge in [-0.3, -0.25) is 4.99 Å². The minimum Gasteiger partial charge on any atom is -0.370 e. The van der Waals surface area contributed by atoms with Crippen molar-refractivity contribution in [2.24, 2.45) is 10.7 Å². The molecule has 2 rings (SSSR count). The summed E-state index contributed by atoms with van der Waals surface area (Å²) in [6.45, 7) is 5.07. The molecule has 0 bridgehead atoms. The number of hydrogen-bond donors (Lipinski definition) is 1. The number of thioether (sulfide) groups is 1. The zero-order valence-electron chi connectivity index (χ0n) is 10.6. The molecule has 1 aromatic carbocycles. The predicted octanol–water partition coefficient (Wildman–Crippen LogP) is 2.49. The first kappa shape index (κ1) is 12.3. The summed E-state index contributed by atoms with van der Waals surface area (Å²) >= 11 is 1.76. The molecule has 17 heavy (non-hydrogen) atoms. The molecule has 0 saturated heterocycles. The van der Waals surface area contributed by atoms with E-state index < -0.39 is 0 Å². The molecule has 2 N–H and O–H groups in total. The molecule has 1 atom stereocenters. The van der Waals surface area contributed by atoms with Gasteiger partial charge in [-0.25, -0.2) is 0 Å². The molecule has 4 heteroatoms. The van der Waals surface area contributed by atoms with Gasteiger partial charge < -0.3 is 10.6 Å². The van der Waals surface area contributed by atoms with E-state index in [-0.39, 0.29) is 0 Å². The molecule has 1 unspecified atom stereocenters. The first-order chi connectivity index (χ1) is 8.13. The molecule has 1 aliphatic heterocycles. The molecule has 1 heterocycles. The van der Waals surface area contributed by atoms with Crippen molar-refractivity contribution in [2.45, 2.75) is 30.8 Å². The second-order valence-corrected chi connectivity index (χ2v) is 5.37. The highest BCUT2D eigenvalue weighted by atomic mass is 32.2. The van der Waals surface area contributed by atoms with Crippen molar-refractivity contribution in [2.75, 3.05) is 12.8 Å². The van der Waals surface area contributed by atoms with Gasteiger partial charge in [-0.15, -0.1) is 11.8 Å². The lowest BCUT2D eigenvalue weighted by molar-refractivity contribution is 0.290. The van der Waals surface area contributed by atoms with E-state index >= 15 is 0 Å². The van der Waals surface area contributed by atoms with E-state index in [1.54, 1.807) is 11.8 Å². The summed E-state index contributed by atoms with van der Waals surface area (Å²) in [5, 5.41) is 0. The lowest BCUT2D eigenvalue weighted by Crippen LogP contribution is -2.40. The summed E-state index contributed by atoms with van der Waals surface area (Å²) in [6.07, 6.45) is 2.09. The minimum absolute atomic E-state index is 0.297. The van der Waals surface area contributed by atoms with E-state index in [1.165, 1.54) is 10.5 Å². The third-order valence-corrected chi connectivity index (χ3v) is 3.83. The van der Waals surface area contributed by atoms with Gasteiger partial charge in [0, 0.05) is 10.9 Å². The highest BCUT2D eigenvalue weighted by Gasteiger charge is 2.29. The summed E-state index contributed by atoms with van der Waals surface area (Å²) in [4.78, 5) is 7.83. The summed E-state index contributed by atoms with van der Waals surface area (Å²) < 4.78 is 0. The van der Waals surface area contributed by atoms with Gasteiger partial charge >= 0.3 is 0 Å². The monoisotopic (exact) mass is 249 g/mol. The summed E-state index contributed by atoms with van der Waals surface area (Å²) in [5.41, 5.74) is 7.23. The highest BCUT2D eigenvalue weighted by Crippen LogP contribution is 2.28. The largest absolute Gasteiger partial charge is 0.370 e. The lowest BCUT2D eigenvalue weighted by atomic mass is 10.1. The number of guanidine groups is 1. The lowest BCUT2D eigenvalue weighted by Gasteiger charge is -2.30. The molecule has 1 aromatic rings. The van der Waals surface area contributed by atoms with E-state index in [4.69, 9.17) is 5.73 Å². The molecule has 0 aromatic heterocycles. The maximum absolute atomic E-state index is 5.94. The van der Waals surface area contributed by atoms with E-state index in [9.17, 15) is 0 Å². The van der Waals surface area contributed by atoms with Gasteiger partial charge in [0.1, 0.15) is 0 Å². The van der Waals surface area contributed by atoms with E-state index in [1.807, 2.05) is 0 Å². The van der Waals surface area contributed by atoms with Crippen molar-refractivity contribution in [1.82, 2.24) is 4.90 Å². The summed E-state index contributed by atoms with van der Waals surface area (Å²) in [7, 11) is 0. The number of aliphatic imine (C=N–C) groups is 1. The zero-order valence-corrected chi connectivity index (χ0v) is 11.4. The van der Waals surface area contributed by atoms with E-state index in [2.05, 4.69) is 54.3 Å². The Morgan fingerprint density at radius 1 is 1.35 bits per heavy atom. The van der Waals surface area contributed by atoms with Gasteiger partial charge in [-0.1, -0.05) is 12.1 Å². The SMILES string of the molecule is CSc1ccc(C2CN=C(N)N2C(C)C)cc1. The Kier molecular flexibility index (Phi) is 3.62. The summed E-state index contributed by atoms with van der Waals surface area (Å²) in [5.74, 6) is 0.666. The maximum atomic E-state index is 5.94.